The highest BCUT2D eigenvalue weighted by molar-refractivity contribution is 9.11. The number of nitrogens with one attached hydrogen (secondary N) is 1. The fraction of sp³-hybridized carbons (Fsp3) is 0.556. The van der Waals surface area contributed by atoms with Crippen LogP contribution < -0.4 is 4.72 Å². The van der Waals surface area contributed by atoms with Gasteiger partial charge in [-0.2, -0.15) is 0 Å². The molecule has 0 bridgehead atoms. The molecular weight excluding hydrogens is 369 g/mol. The number of hydrogen-bond acceptors (Lipinski definition) is 3. The Kier molecular flexibility index (Phi) is 5.75. The van der Waals surface area contributed by atoms with Crippen LogP contribution in [0.15, 0.2) is 14.1 Å². The molecule has 3 nitrogen and oxygen atoms in total. The van der Waals surface area contributed by atoms with Crippen molar-refractivity contribution in [3.8, 4) is 0 Å². The first-order chi connectivity index (χ1) is 7.77. The summed E-state index contributed by atoms with van der Waals surface area (Å²) in [6.45, 7) is 3.67. The number of alkyl halides is 1. The van der Waals surface area contributed by atoms with Gasteiger partial charge >= 0.3 is 0 Å². The van der Waals surface area contributed by atoms with E-state index in [1.54, 1.807) is 6.92 Å². The van der Waals surface area contributed by atoms with Gasteiger partial charge in [-0.1, -0.05) is 18.5 Å². The predicted octanol–water partition coefficient (Wildman–Crippen LogP) is 3.71. The molecule has 1 N–H and O–H groups in total. The molecule has 0 amide bonds. The van der Waals surface area contributed by atoms with E-state index in [0.29, 0.717) is 14.7 Å². The number of sulfonamides is 1. The van der Waals surface area contributed by atoms with Crippen molar-refractivity contribution in [3.05, 3.63) is 14.9 Å². The molecule has 0 saturated heterocycles. The summed E-state index contributed by atoms with van der Waals surface area (Å²) in [5, 5.41) is 0.397. The molecule has 2 atom stereocenters. The quantitative estimate of drug-likeness (QED) is 0.791. The molecule has 0 radical (unpaired) electrons. The molecule has 0 saturated carbocycles. The molecule has 1 heterocycles. The maximum absolute atomic E-state index is 12.0. The molecule has 0 aliphatic rings. The zero-order chi connectivity index (χ0) is 13.2. The van der Waals surface area contributed by atoms with Gasteiger partial charge in [0.25, 0.3) is 0 Å². The van der Waals surface area contributed by atoms with Crippen LogP contribution in [-0.4, -0.2) is 20.3 Å². The second-order valence-corrected chi connectivity index (χ2v) is 8.76. The minimum atomic E-state index is -3.52. The van der Waals surface area contributed by atoms with Gasteiger partial charge in [0.05, 0.1) is 8.81 Å². The van der Waals surface area contributed by atoms with E-state index in [9.17, 15) is 8.42 Å². The van der Waals surface area contributed by atoms with Crippen LogP contribution >= 0.6 is 50.5 Å². The van der Waals surface area contributed by atoms with Gasteiger partial charge in [-0.25, -0.2) is 13.1 Å². The Labute approximate surface area is 124 Å². The first-order valence-electron chi connectivity index (χ1n) is 4.81. The summed E-state index contributed by atoms with van der Waals surface area (Å²) in [5.74, 6) is 0.462. The third-order valence-electron chi connectivity index (χ3n) is 2.33. The average molecular weight is 381 g/mol. The second-order valence-electron chi connectivity index (χ2n) is 3.73. The summed E-state index contributed by atoms with van der Waals surface area (Å²) < 4.78 is 27.4. The van der Waals surface area contributed by atoms with Crippen LogP contribution in [0.1, 0.15) is 13.8 Å². The van der Waals surface area contributed by atoms with Gasteiger partial charge in [-0.05, 0) is 34.8 Å². The lowest BCUT2D eigenvalue weighted by molar-refractivity contribution is 0.481. The molecule has 0 fully saturated rings. The lowest BCUT2D eigenvalue weighted by Crippen LogP contribution is -2.37. The van der Waals surface area contributed by atoms with E-state index in [2.05, 4.69) is 20.7 Å². The van der Waals surface area contributed by atoms with Crippen molar-refractivity contribution in [1.29, 1.82) is 0 Å². The summed E-state index contributed by atoms with van der Waals surface area (Å²) in [7, 11) is -3.52. The van der Waals surface area contributed by atoms with Gasteiger partial charge in [-0.15, -0.1) is 22.9 Å². The maximum atomic E-state index is 12.0. The zero-order valence-electron chi connectivity index (χ0n) is 9.21. The largest absolute Gasteiger partial charge is 0.250 e. The Morgan fingerprint density at radius 3 is 2.53 bits per heavy atom. The highest BCUT2D eigenvalue weighted by atomic mass is 79.9. The van der Waals surface area contributed by atoms with E-state index >= 15 is 0 Å². The molecular formula is C9H12BrCl2NO2S2. The summed E-state index contributed by atoms with van der Waals surface area (Å²) >= 11 is 15.8. The highest BCUT2D eigenvalue weighted by Crippen LogP contribution is 2.34. The summed E-state index contributed by atoms with van der Waals surface area (Å²) in [4.78, 5) is 0. The fourth-order valence-corrected chi connectivity index (χ4v) is 5.05. The van der Waals surface area contributed by atoms with Gasteiger partial charge in [-0.3, -0.25) is 0 Å². The van der Waals surface area contributed by atoms with Crippen LogP contribution in [0.25, 0.3) is 0 Å². The number of halogens is 3. The van der Waals surface area contributed by atoms with Crippen LogP contribution in [0.5, 0.6) is 0 Å². The molecule has 1 aromatic heterocycles. The Balaban J connectivity index is 2.89. The van der Waals surface area contributed by atoms with Crippen molar-refractivity contribution in [1.82, 2.24) is 4.72 Å². The first-order valence-corrected chi connectivity index (χ1v) is 8.81. The number of rotatable bonds is 5. The van der Waals surface area contributed by atoms with Gasteiger partial charge in [0.15, 0.2) is 0 Å². The SMILES string of the molecule is CC(CCl)C(C)NS(=O)(=O)c1cc(Cl)c(Br)s1. The van der Waals surface area contributed by atoms with E-state index in [-0.39, 0.29) is 16.2 Å². The molecule has 0 aliphatic heterocycles. The van der Waals surface area contributed by atoms with Crippen molar-refractivity contribution in [2.24, 2.45) is 5.92 Å². The van der Waals surface area contributed by atoms with E-state index in [0.717, 1.165) is 11.3 Å². The molecule has 0 aliphatic carbocycles. The summed E-state index contributed by atoms with van der Waals surface area (Å²) in [6.07, 6.45) is 0. The van der Waals surface area contributed by atoms with Crippen molar-refractivity contribution in [2.45, 2.75) is 24.1 Å². The third kappa shape index (κ3) is 4.08. The van der Waals surface area contributed by atoms with Crippen molar-refractivity contribution in [2.75, 3.05) is 5.88 Å². The molecule has 1 aromatic rings. The summed E-state index contributed by atoms with van der Waals surface area (Å²) in [6, 6.07) is 1.20. The first kappa shape index (κ1) is 15.7. The van der Waals surface area contributed by atoms with Crippen molar-refractivity contribution >= 4 is 60.5 Å². The van der Waals surface area contributed by atoms with Gasteiger partial charge < -0.3 is 0 Å². The lowest BCUT2D eigenvalue weighted by atomic mass is 10.1. The van der Waals surface area contributed by atoms with E-state index in [4.69, 9.17) is 23.2 Å². The number of hydrogen-bond donors (Lipinski definition) is 1. The Morgan fingerprint density at radius 1 is 1.53 bits per heavy atom. The predicted molar refractivity (Wildman–Crippen MR) is 76.7 cm³/mol. The minimum absolute atomic E-state index is 0.0605. The van der Waals surface area contributed by atoms with Crippen LogP contribution in [-0.2, 0) is 10.0 Å². The smallest absolute Gasteiger partial charge is 0.207 e. The Hall–Kier alpha value is 0.670. The molecule has 8 heteroatoms. The molecule has 1 rings (SSSR count). The van der Waals surface area contributed by atoms with Crippen LogP contribution in [0.3, 0.4) is 0 Å². The fourth-order valence-electron chi connectivity index (χ4n) is 1.01. The monoisotopic (exact) mass is 379 g/mol. The lowest BCUT2D eigenvalue weighted by Gasteiger charge is -2.18. The molecule has 2 unspecified atom stereocenters. The van der Waals surface area contributed by atoms with E-state index in [1.165, 1.54) is 6.07 Å². The standard InChI is InChI=1S/C9H12BrCl2NO2S2/c1-5(4-11)6(2)13-17(14,15)8-3-7(12)9(10)16-8/h3,5-6,13H,4H2,1-2H3. The average Bonchev–Trinajstić information content (AvgIpc) is 2.58. The third-order valence-corrected chi connectivity index (χ3v) is 7.32. The van der Waals surface area contributed by atoms with Crippen LogP contribution in [0.2, 0.25) is 5.02 Å². The molecule has 98 valence electrons. The Bertz CT molecular complexity index is 470. The molecule has 17 heavy (non-hydrogen) atoms. The summed E-state index contributed by atoms with van der Waals surface area (Å²) in [5.41, 5.74) is 0. The van der Waals surface area contributed by atoms with Crippen LogP contribution in [0.4, 0.5) is 0 Å². The number of thiophene rings is 1. The second kappa shape index (κ2) is 6.21. The van der Waals surface area contributed by atoms with Crippen LogP contribution in [0, 0.1) is 5.92 Å². The van der Waals surface area contributed by atoms with Gasteiger partial charge in [0, 0.05) is 11.9 Å². The molecule has 0 aromatic carbocycles. The van der Waals surface area contributed by atoms with E-state index in [1.807, 2.05) is 6.92 Å². The minimum Gasteiger partial charge on any atom is -0.207 e. The molecule has 0 spiro atoms. The van der Waals surface area contributed by atoms with Crippen molar-refractivity contribution in [3.63, 3.8) is 0 Å². The van der Waals surface area contributed by atoms with Gasteiger partial charge in [0.2, 0.25) is 10.0 Å². The van der Waals surface area contributed by atoms with Gasteiger partial charge in [0.1, 0.15) is 4.21 Å². The highest BCUT2D eigenvalue weighted by Gasteiger charge is 2.23. The topological polar surface area (TPSA) is 46.2 Å². The maximum Gasteiger partial charge on any atom is 0.250 e. The normalized spacial score (nSPS) is 15.8. The zero-order valence-corrected chi connectivity index (χ0v) is 13.9. The van der Waals surface area contributed by atoms with Crippen molar-refractivity contribution < 1.29 is 8.42 Å². The van der Waals surface area contributed by atoms with E-state index < -0.39 is 10.0 Å². The Morgan fingerprint density at radius 2 is 2.12 bits per heavy atom.